The molecule has 1 saturated carbocycles. The molecule has 1 aliphatic carbocycles. The van der Waals surface area contributed by atoms with Gasteiger partial charge < -0.3 is 18.8 Å². The summed E-state index contributed by atoms with van der Waals surface area (Å²) < 4.78 is 17.5. The first-order chi connectivity index (χ1) is 17.5. The van der Waals surface area contributed by atoms with Gasteiger partial charge in [-0.05, 0) is 81.7 Å². The third-order valence-corrected chi connectivity index (χ3v) is 8.02. The lowest BCUT2D eigenvalue weighted by Crippen LogP contribution is -2.49. The Morgan fingerprint density at radius 2 is 1.89 bits per heavy atom. The molecule has 0 spiro atoms. The highest BCUT2D eigenvalue weighted by atomic mass is 16.5. The number of piperidine rings is 1. The number of likely N-dealkylation sites (tertiary alicyclic amines) is 1. The molecule has 0 radical (unpaired) electrons. The van der Waals surface area contributed by atoms with Crippen LogP contribution in [0.3, 0.4) is 0 Å². The van der Waals surface area contributed by atoms with E-state index in [1.165, 1.54) is 25.7 Å². The Morgan fingerprint density at radius 3 is 2.64 bits per heavy atom. The molecule has 190 valence electrons. The summed E-state index contributed by atoms with van der Waals surface area (Å²) in [6, 6.07) is 10.6. The van der Waals surface area contributed by atoms with Crippen molar-refractivity contribution in [2.24, 2.45) is 5.92 Å². The summed E-state index contributed by atoms with van der Waals surface area (Å²) in [5.41, 5.74) is 5.66. The van der Waals surface area contributed by atoms with E-state index in [0.717, 1.165) is 69.7 Å². The van der Waals surface area contributed by atoms with E-state index in [0.29, 0.717) is 18.6 Å². The summed E-state index contributed by atoms with van der Waals surface area (Å²) >= 11 is 0. The number of carbonyl (C=O) groups is 1. The molecule has 5 nitrogen and oxygen atoms in total. The van der Waals surface area contributed by atoms with Crippen molar-refractivity contribution in [3.63, 3.8) is 0 Å². The van der Waals surface area contributed by atoms with Crippen LogP contribution in [-0.4, -0.2) is 37.1 Å². The highest BCUT2D eigenvalue weighted by Gasteiger charge is 2.35. The minimum atomic E-state index is 0.128. The second-order valence-corrected chi connectivity index (χ2v) is 10.2. The number of fused-ring (bicyclic) bond motifs is 2. The number of furan rings is 1. The van der Waals surface area contributed by atoms with Crippen LogP contribution in [0.15, 0.2) is 47.1 Å². The maximum absolute atomic E-state index is 13.5. The molecule has 2 aromatic carbocycles. The summed E-state index contributed by atoms with van der Waals surface area (Å²) in [4.78, 5) is 15.6. The molecule has 5 rings (SSSR count). The van der Waals surface area contributed by atoms with Gasteiger partial charge in [0.05, 0.1) is 20.0 Å². The van der Waals surface area contributed by atoms with Crippen LogP contribution in [0.2, 0.25) is 0 Å². The van der Waals surface area contributed by atoms with Crippen LogP contribution in [0.5, 0.6) is 11.5 Å². The average Bonchev–Trinajstić information content (AvgIpc) is 3.33. The van der Waals surface area contributed by atoms with Crippen molar-refractivity contribution < 1.29 is 18.7 Å². The summed E-state index contributed by atoms with van der Waals surface area (Å²) in [6.07, 6.45) is 10.9. The second-order valence-electron chi connectivity index (χ2n) is 10.2. The first-order valence-electron chi connectivity index (χ1n) is 13.3. The lowest BCUT2D eigenvalue weighted by Gasteiger charge is -2.43. The highest BCUT2D eigenvalue weighted by molar-refractivity contribution is 6.01. The molecule has 2 heterocycles. The van der Waals surface area contributed by atoms with Gasteiger partial charge in [0.2, 0.25) is 5.91 Å². The van der Waals surface area contributed by atoms with Gasteiger partial charge in [-0.15, -0.1) is 0 Å². The maximum atomic E-state index is 13.5. The van der Waals surface area contributed by atoms with Crippen LogP contribution in [0.25, 0.3) is 27.7 Å². The van der Waals surface area contributed by atoms with Gasteiger partial charge in [0.15, 0.2) is 0 Å². The molecule has 1 aromatic heterocycles. The van der Waals surface area contributed by atoms with Crippen LogP contribution in [0.1, 0.15) is 63.5 Å². The maximum Gasteiger partial charge on any atom is 0.247 e. The SMILES string of the molecule is CCOc1ccc(-c2coc3c(C)c(OC)c(/C(C)=C/C(=O)N4CCCC5CCCCC54)cc23)cc1. The zero-order valence-corrected chi connectivity index (χ0v) is 21.9. The molecule has 2 aliphatic rings. The highest BCUT2D eigenvalue weighted by Crippen LogP contribution is 2.41. The minimum absolute atomic E-state index is 0.128. The molecule has 1 amide bonds. The van der Waals surface area contributed by atoms with E-state index >= 15 is 0 Å². The molecule has 0 N–H and O–H groups in total. The van der Waals surface area contributed by atoms with Gasteiger partial charge in [-0.3, -0.25) is 4.79 Å². The largest absolute Gasteiger partial charge is 0.496 e. The number of rotatable bonds is 6. The molecule has 1 saturated heterocycles. The van der Waals surface area contributed by atoms with Crippen molar-refractivity contribution in [1.29, 1.82) is 0 Å². The van der Waals surface area contributed by atoms with Gasteiger partial charge >= 0.3 is 0 Å². The monoisotopic (exact) mass is 487 g/mol. The number of amides is 1. The predicted molar refractivity (Wildman–Crippen MR) is 144 cm³/mol. The van der Waals surface area contributed by atoms with Gasteiger partial charge in [0, 0.05) is 40.7 Å². The fourth-order valence-electron chi connectivity index (χ4n) is 6.24. The molecule has 2 atom stereocenters. The quantitative estimate of drug-likeness (QED) is 0.340. The number of hydrogen-bond donors (Lipinski definition) is 0. The second kappa shape index (κ2) is 10.4. The lowest BCUT2D eigenvalue weighted by atomic mass is 9.78. The number of aryl methyl sites for hydroxylation is 1. The molecule has 1 aliphatic heterocycles. The van der Waals surface area contributed by atoms with E-state index in [1.807, 2.05) is 39.0 Å². The van der Waals surface area contributed by atoms with Crippen LogP contribution in [-0.2, 0) is 4.79 Å². The number of hydrogen-bond acceptors (Lipinski definition) is 4. The van der Waals surface area contributed by atoms with Crippen molar-refractivity contribution in [2.75, 3.05) is 20.3 Å². The van der Waals surface area contributed by atoms with Crippen molar-refractivity contribution in [3.8, 4) is 22.6 Å². The van der Waals surface area contributed by atoms with Crippen LogP contribution in [0, 0.1) is 12.8 Å². The Balaban J connectivity index is 1.51. The van der Waals surface area contributed by atoms with Gasteiger partial charge in [0.25, 0.3) is 0 Å². The van der Waals surface area contributed by atoms with Crippen LogP contribution >= 0.6 is 0 Å². The summed E-state index contributed by atoms with van der Waals surface area (Å²) in [6.45, 7) is 7.51. The van der Waals surface area contributed by atoms with E-state index in [1.54, 1.807) is 13.4 Å². The van der Waals surface area contributed by atoms with Gasteiger partial charge in [-0.25, -0.2) is 0 Å². The molecule has 36 heavy (non-hydrogen) atoms. The standard InChI is InChI=1S/C31H37NO4/c1-5-35-24-14-12-22(13-15-24)27-19-36-31-21(3)30(34-4)25(18-26(27)31)20(2)17-29(33)32-16-8-10-23-9-6-7-11-28(23)32/h12-15,17-19,23,28H,5-11,16H2,1-4H3/b20-17+. The Bertz CT molecular complexity index is 1270. The number of benzene rings is 2. The number of carbonyl (C=O) groups excluding carboxylic acids is 1. The normalized spacial score (nSPS) is 20.3. The van der Waals surface area contributed by atoms with E-state index < -0.39 is 0 Å². The predicted octanol–water partition coefficient (Wildman–Crippen LogP) is 7.40. The molecular formula is C31H37NO4. The fraction of sp³-hybridized carbons (Fsp3) is 0.452. The summed E-state index contributed by atoms with van der Waals surface area (Å²) in [5, 5.41) is 1.01. The van der Waals surface area contributed by atoms with Crippen LogP contribution in [0.4, 0.5) is 0 Å². The summed E-state index contributed by atoms with van der Waals surface area (Å²) in [5.74, 6) is 2.40. The van der Waals surface area contributed by atoms with Crippen molar-refractivity contribution in [3.05, 3.63) is 53.8 Å². The zero-order chi connectivity index (χ0) is 25.2. The average molecular weight is 488 g/mol. The van der Waals surface area contributed by atoms with Crippen molar-refractivity contribution in [2.45, 2.75) is 65.3 Å². The van der Waals surface area contributed by atoms with Crippen LogP contribution < -0.4 is 9.47 Å². The van der Waals surface area contributed by atoms with Crippen molar-refractivity contribution >= 4 is 22.4 Å². The fourth-order valence-corrected chi connectivity index (χ4v) is 6.24. The van der Waals surface area contributed by atoms with E-state index in [2.05, 4.69) is 23.1 Å². The molecular weight excluding hydrogens is 450 g/mol. The minimum Gasteiger partial charge on any atom is -0.496 e. The zero-order valence-electron chi connectivity index (χ0n) is 21.9. The first-order valence-corrected chi connectivity index (χ1v) is 13.3. The number of nitrogens with zero attached hydrogens (tertiary/aromatic N) is 1. The van der Waals surface area contributed by atoms with E-state index in [4.69, 9.17) is 13.9 Å². The Labute approximate surface area is 214 Å². The van der Waals surface area contributed by atoms with Gasteiger partial charge in [-0.2, -0.15) is 0 Å². The molecule has 0 bridgehead atoms. The number of ether oxygens (including phenoxy) is 2. The smallest absolute Gasteiger partial charge is 0.247 e. The van der Waals surface area contributed by atoms with Gasteiger partial charge in [-0.1, -0.05) is 25.0 Å². The lowest BCUT2D eigenvalue weighted by molar-refractivity contribution is -0.132. The molecule has 2 fully saturated rings. The topological polar surface area (TPSA) is 51.9 Å². The van der Waals surface area contributed by atoms with Gasteiger partial charge in [0.1, 0.15) is 17.1 Å². The van der Waals surface area contributed by atoms with E-state index in [9.17, 15) is 4.79 Å². The third-order valence-electron chi connectivity index (χ3n) is 8.02. The number of methoxy groups -OCH3 is 1. The Hall–Kier alpha value is -3.21. The Kier molecular flexibility index (Phi) is 7.08. The molecule has 3 aromatic rings. The summed E-state index contributed by atoms with van der Waals surface area (Å²) in [7, 11) is 1.68. The van der Waals surface area contributed by atoms with E-state index in [-0.39, 0.29) is 5.91 Å². The third kappa shape index (κ3) is 4.52. The first kappa shape index (κ1) is 24.5. The number of allylic oxidation sites excluding steroid dienone is 1. The molecule has 5 heteroatoms. The molecule has 2 unspecified atom stereocenters. The Morgan fingerprint density at radius 1 is 1.14 bits per heavy atom. The van der Waals surface area contributed by atoms with Crippen molar-refractivity contribution in [1.82, 2.24) is 4.90 Å².